The summed E-state index contributed by atoms with van der Waals surface area (Å²) in [4.78, 5) is 0. The van der Waals surface area contributed by atoms with Gasteiger partial charge in [-0.1, -0.05) is 23.2 Å². The summed E-state index contributed by atoms with van der Waals surface area (Å²) in [5.74, 6) is 0.717. The van der Waals surface area contributed by atoms with Gasteiger partial charge in [-0.25, -0.2) is 0 Å². The lowest BCUT2D eigenvalue weighted by Gasteiger charge is -2.27. The van der Waals surface area contributed by atoms with E-state index >= 15 is 0 Å². The van der Waals surface area contributed by atoms with Gasteiger partial charge in [0.2, 0.25) is 0 Å². The largest absolute Gasteiger partial charge is 0.344 e. The highest BCUT2D eigenvalue weighted by atomic mass is 35.5. The summed E-state index contributed by atoms with van der Waals surface area (Å²) >= 11 is 17.7. The van der Waals surface area contributed by atoms with Gasteiger partial charge in [0.1, 0.15) is 17.6 Å². The zero-order chi connectivity index (χ0) is 12.4. The van der Waals surface area contributed by atoms with Crippen LogP contribution in [0.3, 0.4) is 0 Å². The molecule has 17 heavy (non-hydrogen) atoms. The maximum Gasteiger partial charge on any atom is 0.132 e. The molecule has 7 heteroatoms. The molecule has 1 aliphatic rings. The molecule has 1 aliphatic heterocycles. The van der Waals surface area contributed by atoms with Crippen LogP contribution in [0.25, 0.3) is 0 Å². The molecule has 1 heterocycles. The summed E-state index contributed by atoms with van der Waals surface area (Å²) in [7, 11) is 0. The highest BCUT2D eigenvalue weighted by Gasteiger charge is 2.15. The standard InChI is InChI=1S/C10H11Cl3N4/c11-6-2-1-5(3-7(6)12)15-9-4-8(13)16-10(14)17-9/h1-4,8,10,15-17H,14H2. The van der Waals surface area contributed by atoms with Crippen LogP contribution in [0.5, 0.6) is 0 Å². The Morgan fingerprint density at radius 2 is 2.00 bits per heavy atom. The Morgan fingerprint density at radius 3 is 2.65 bits per heavy atom. The molecule has 0 amide bonds. The van der Waals surface area contributed by atoms with Gasteiger partial charge in [0.15, 0.2) is 0 Å². The first-order valence-corrected chi connectivity index (χ1v) is 6.10. The third-order valence-electron chi connectivity index (χ3n) is 2.16. The molecule has 5 N–H and O–H groups in total. The molecule has 1 aromatic carbocycles. The molecular formula is C10H11Cl3N4. The van der Waals surface area contributed by atoms with E-state index in [2.05, 4.69) is 16.0 Å². The molecule has 0 fully saturated rings. The minimum Gasteiger partial charge on any atom is -0.344 e. The van der Waals surface area contributed by atoms with Crippen molar-refractivity contribution in [2.24, 2.45) is 5.73 Å². The molecule has 2 unspecified atom stereocenters. The third kappa shape index (κ3) is 3.40. The summed E-state index contributed by atoms with van der Waals surface area (Å²) in [6.07, 6.45) is 1.38. The molecule has 2 rings (SSSR count). The van der Waals surface area contributed by atoms with Crippen LogP contribution in [-0.4, -0.2) is 11.8 Å². The number of hydrogen-bond donors (Lipinski definition) is 4. The topological polar surface area (TPSA) is 62.1 Å². The van der Waals surface area contributed by atoms with Crippen LogP contribution >= 0.6 is 34.8 Å². The molecule has 0 aliphatic carbocycles. The van der Waals surface area contributed by atoms with Crippen molar-refractivity contribution >= 4 is 40.5 Å². The predicted octanol–water partition coefficient (Wildman–Crippen LogP) is 2.25. The van der Waals surface area contributed by atoms with E-state index in [-0.39, 0.29) is 5.50 Å². The number of halogens is 3. The van der Waals surface area contributed by atoms with Crippen LogP contribution in [0, 0.1) is 0 Å². The molecule has 1 aromatic rings. The van der Waals surface area contributed by atoms with Crippen molar-refractivity contribution in [1.82, 2.24) is 10.6 Å². The van der Waals surface area contributed by atoms with Gasteiger partial charge in [0.25, 0.3) is 0 Å². The Morgan fingerprint density at radius 1 is 1.24 bits per heavy atom. The maximum atomic E-state index is 5.93. The lowest BCUT2D eigenvalue weighted by molar-refractivity contribution is 0.458. The Balaban J connectivity index is 2.12. The molecule has 0 bridgehead atoms. The second-order valence-corrected chi connectivity index (χ2v) is 4.81. The Hall–Kier alpha value is -0.650. The molecule has 2 atom stereocenters. The van der Waals surface area contributed by atoms with Crippen LogP contribution in [0.1, 0.15) is 0 Å². The molecule has 0 spiro atoms. The SMILES string of the molecule is NC1NC(Nc2ccc(Cl)c(Cl)c2)=CC(Cl)N1. The van der Waals surface area contributed by atoms with E-state index in [1.807, 2.05) is 6.07 Å². The second kappa shape index (κ2) is 5.33. The summed E-state index contributed by atoms with van der Waals surface area (Å²) in [5.41, 5.74) is 6.17. The van der Waals surface area contributed by atoms with E-state index in [9.17, 15) is 0 Å². The van der Waals surface area contributed by atoms with Crippen molar-refractivity contribution in [3.05, 3.63) is 40.1 Å². The van der Waals surface area contributed by atoms with E-state index < -0.39 is 6.29 Å². The van der Waals surface area contributed by atoms with E-state index in [1.165, 1.54) is 0 Å². The zero-order valence-electron chi connectivity index (χ0n) is 8.68. The lowest BCUT2D eigenvalue weighted by Crippen LogP contribution is -2.55. The van der Waals surface area contributed by atoms with Crippen LogP contribution in [0.4, 0.5) is 5.69 Å². The van der Waals surface area contributed by atoms with Crippen molar-refractivity contribution < 1.29 is 0 Å². The lowest BCUT2D eigenvalue weighted by atomic mass is 10.3. The van der Waals surface area contributed by atoms with Gasteiger partial charge in [-0.3, -0.25) is 11.1 Å². The number of alkyl halides is 1. The summed E-state index contributed by atoms with van der Waals surface area (Å²) in [6, 6.07) is 5.25. The van der Waals surface area contributed by atoms with Crippen molar-refractivity contribution in [1.29, 1.82) is 0 Å². The number of benzene rings is 1. The first kappa shape index (κ1) is 12.8. The van der Waals surface area contributed by atoms with Gasteiger partial charge in [-0.2, -0.15) is 0 Å². The average Bonchev–Trinajstić information content (AvgIpc) is 2.22. The van der Waals surface area contributed by atoms with Crippen LogP contribution in [-0.2, 0) is 0 Å². The summed E-state index contributed by atoms with van der Waals surface area (Å²) < 4.78 is 0. The van der Waals surface area contributed by atoms with Crippen LogP contribution in [0.2, 0.25) is 10.0 Å². The Kier molecular flexibility index (Phi) is 4.01. The van der Waals surface area contributed by atoms with E-state index in [1.54, 1.807) is 18.2 Å². The smallest absolute Gasteiger partial charge is 0.132 e. The van der Waals surface area contributed by atoms with E-state index in [0.717, 1.165) is 11.5 Å². The summed E-state index contributed by atoms with van der Waals surface area (Å²) in [5, 5.41) is 9.98. The average molecular weight is 294 g/mol. The van der Waals surface area contributed by atoms with Crippen molar-refractivity contribution in [2.45, 2.75) is 11.8 Å². The number of nitrogens with one attached hydrogen (secondary N) is 3. The number of rotatable bonds is 2. The van der Waals surface area contributed by atoms with Crippen LogP contribution < -0.4 is 21.7 Å². The highest BCUT2D eigenvalue weighted by Crippen LogP contribution is 2.25. The quantitative estimate of drug-likeness (QED) is 0.499. The zero-order valence-corrected chi connectivity index (χ0v) is 10.9. The number of anilines is 1. The van der Waals surface area contributed by atoms with Crippen molar-refractivity contribution in [2.75, 3.05) is 5.32 Å². The van der Waals surface area contributed by atoms with Gasteiger partial charge in [-0.05, 0) is 24.3 Å². The van der Waals surface area contributed by atoms with Crippen LogP contribution in [0.15, 0.2) is 30.1 Å². The molecule has 92 valence electrons. The molecular weight excluding hydrogens is 282 g/mol. The van der Waals surface area contributed by atoms with E-state index in [4.69, 9.17) is 40.5 Å². The minimum atomic E-state index is -0.396. The number of nitrogens with two attached hydrogens (primary N) is 1. The fourth-order valence-electron chi connectivity index (χ4n) is 1.43. The normalized spacial score (nSPS) is 23.9. The highest BCUT2D eigenvalue weighted by molar-refractivity contribution is 6.42. The molecule has 0 saturated carbocycles. The monoisotopic (exact) mass is 292 g/mol. The maximum absolute atomic E-state index is 5.93. The summed E-state index contributed by atoms with van der Waals surface area (Å²) in [6.45, 7) is 0. The number of hydrogen-bond acceptors (Lipinski definition) is 4. The van der Waals surface area contributed by atoms with Gasteiger partial charge >= 0.3 is 0 Å². The second-order valence-electron chi connectivity index (χ2n) is 3.52. The minimum absolute atomic E-state index is 0.323. The van der Waals surface area contributed by atoms with Crippen molar-refractivity contribution in [3.8, 4) is 0 Å². The fraction of sp³-hybridized carbons (Fsp3) is 0.200. The molecule has 0 aromatic heterocycles. The third-order valence-corrected chi connectivity index (χ3v) is 3.15. The van der Waals surface area contributed by atoms with Crippen molar-refractivity contribution in [3.63, 3.8) is 0 Å². The first-order valence-electron chi connectivity index (χ1n) is 4.91. The Bertz CT molecular complexity index is 449. The predicted molar refractivity (Wildman–Crippen MR) is 72.1 cm³/mol. The fourth-order valence-corrected chi connectivity index (χ4v) is 1.99. The first-order chi connectivity index (χ1) is 8.04. The molecule has 0 saturated heterocycles. The van der Waals surface area contributed by atoms with E-state index in [0.29, 0.717) is 10.0 Å². The van der Waals surface area contributed by atoms with Gasteiger partial charge < -0.3 is 10.6 Å². The van der Waals surface area contributed by atoms with Gasteiger partial charge in [0, 0.05) is 5.69 Å². The van der Waals surface area contributed by atoms with Gasteiger partial charge in [-0.15, -0.1) is 11.6 Å². The molecule has 0 radical (unpaired) electrons. The van der Waals surface area contributed by atoms with Gasteiger partial charge in [0.05, 0.1) is 10.0 Å². The molecule has 4 nitrogen and oxygen atoms in total. The Labute approximate surface area is 114 Å².